The van der Waals surface area contributed by atoms with Crippen molar-refractivity contribution in [1.82, 2.24) is 14.5 Å². The first-order valence-corrected chi connectivity index (χ1v) is 12.5. The van der Waals surface area contributed by atoms with Crippen LogP contribution in [0.3, 0.4) is 0 Å². The van der Waals surface area contributed by atoms with Gasteiger partial charge in [-0.05, 0) is 62.3 Å². The van der Waals surface area contributed by atoms with Gasteiger partial charge in [-0.3, -0.25) is 9.36 Å². The molecule has 34 heavy (non-hydrogen) atoms. The Hall–Kier alpha value is -2.87. The van der Waals surface area contributed by atoms with E-state index in [9.17, 15) is 4.79 Å². The summed E-state index contributed by atoms with van der Waals surface area (Å²) in [6.07, 6.45) is 3.93. The molecule has 1 saturated heterocycles. The normalized spacial score (nSPS) is 16.6. The largest absolute Gasteiger partial charge is 0.493 e. The van der Waals surface area contributed by atoms with Gasteiger partial charge >= 0.3 is 0 Å². The van der Waals surface area contributed by atoms with Crippen molar-refractivity contribution < 1.29 is 9.47 Å². The number of thiophene rings is 1. The molecule has 4 aromatic rings. The summed E-state index contributed by atoms with van der Waals surface area (Å²) in [6, 6.07) is 15.1. The van der Waals surface area contributed by atoms with E-state index in [1.54, 1.807) is 18.0 Å². The van der Waals surface area contributed by atoms with E-state index in [0.29, 0.717) is 45.0 Å². The van der Waals surface area contributed by atoms with Gasteiger partial charge in [0.2, 0.25) is 0 Å². The number of piperidine rings is 1. The second-order valence-electron chi connectivity index (χ2n) is 8.67. The Morgan fingerprint density at radius 3 is 2.74 bits per heavy atom. The highest BCUT2D eigenvalue weighted by molar-refractivity contribution is 7.22. The Morgan fingerprint density at radius 2 is 1.97 bits per heavy atom. The SMILES string of the molecule is COc1cc(-n2cnc3cc(-c4ccc(Cl)cc4)sc3c2=O)ccc1OCC1CCCN(C)C1. The number of methoxy groups -OCH3 is 1. The van der Waals surface area contributed by atoms with Gasteiger partial charge in [0.25, 0.3) is 5.56 Å². The summed E-state index contributed by atoms with van der Waals surface area (Å²) in [5.41, 5.74) is 2.25. The van der Waals surface area contributed by atoms with Gasteiger partial charge in [0.1, 0.15) is 11.0 Å². The molecule has 3 heterocycles. The van der Waals surface area contributed by atoms with E-state index < -0.39 is 0 Å². The van der Waals surface area contributed by atoms with Crippen molar-refractivity contribution in [2.45, 2.75) is 12.8 Å². The summed E-state index contributed by atoms with van der Waals surface area (Å²) in [4.78, 5) is 21.2. The monoisotopic (exact) mass is 495 g/mol. The van der Waals surface area contributed by atoms with Gasteiger partial charge in [0, 0.05) is 28.4 Å². The average molecular weight is 496 g/mol. The minimum absolute atomic E-state index is 0.115. The molecule has 6 nitrogen and oxygen atoms in total. The highest BCUT2D eigenvalue weighted by Crippen LogP contribution is 2.33. The number of hydrogen-bond donors (Lipinski definition) is 0. The lowest BCUT2D eigenvalue weighted by Crippen LogP contribution is -2.34. The predicted octanol–water partition coefficient (Wildman–Crippen LogP) is 5.50. The number of rotatable bonds is 6. The zero-order valence-corrected chi connectivity index (χ0v) is 20.7. The maximum atomic E-state index is 13.3. The van der Waals surface area contributed by atoms with Gasteiger partial charge in [-0.2, -0.15) is 0 Å². The van der Waals surface area contributed by atoms with Crippen LogP contribution in [0.2, 0.25) is 5.02 Å². The zero-order chi connectivity index (χ0) is 23.7. The molecule has 1 atom stereocenters. The van der Waals surface area contributed by atoms with Gasteiger partial charge in [-0.15, -0.1) is 11.3 Å². The van der Waals surface area contributed by atoms with Crippen molar-refractivity contribution in [3.63, 3.8) is 0 Å². The first kappa shape index (κ1) is 22.9. The summed E-state index contributed by atoms with van der Waals surface area (Å²) in [6.45, 7) is 2.84. The van der Waals surface area contributed by atoms with Crippen LogP contribution in [0, 0.1) is 5.92 Å². The van der Waals surface area contributed by atoms with Crippen LogP contribution in [-0.2, 0) is 0 Å². The molecule has 1 aliphatic heterocycles. The van der Waals surface area contributed by atoms with E-state index in [-0.39, 0.29) is 5.56 Å². The molecule has 5 rings (SSSR count). The molecule has 8 heteroatoms. The van der Waals surface area contributed by atoms with Gasteiger partial charge in [-0.25, -0.2) is 4.98 Å². The molecule has 0 radical (unpaired) electrons. The highest BCUT2D eigenvalue weighted by atomic mass is 35.5. The lowest BCUT2D eigenvalue weighted by atomic mass is 10.00. The van der Waals surface area contributed by atoms with E-state index in [4.69, 9.17) is 21.1 Å². The number of fused-ring (bicyclic) bond motifs is 1. The van der Waals surface area contributed by atoms with Crippen LogP contribution in [0.25, 0.3) is 26.3 Å². The Morgan fingerprint density at radius 1 is 1.15 bits per heavy atom. The summed E-state index contributed by atoms with van der Waals surface area (Å²) in [7, 11) is 3.76. The van der Waals surface area contributed by atoms with E-state index in [1.165, 1.54) is 24.2 Å². The first-order chi connectivity index (χ1) is 16.5. The fourth-order valence-corrected chi connectivity index (χ4v) is 5.57. The predicted molar refractivity (Wildman–Crippen MR) is 138 cm³/mol. The maximum Gasteiger partial charge on any atom is 0.275 e. The van der Waals surface area contributed by atoms with Crippen LogP contribution in [-0.4, -0.2) is 48.3 Å². The number of ether oxygens (including phenoxy) is 2. The van der Waals surface area contributed by atoms with E-state index >= 15 is 0 Å². The molecule has 2 aromatic heterocycles. The number of nitrogens with zero attached hydrogens (tertiary/aromatic N) is 3. The van der Waals surface area contributed by atoms with Crippen LogP contribution in [0.5, 0.6) is 11.5 Å². The van der Waals surface area contributed by atoms with Crippen molar-refractivity contribution in [1.29, 1.82) is 0 Å². The van der Waals surface area contributed by atoms with Crippen molar-refractivity contribution in [2.24, 2.45) is 5.92 Å². The summed E-state index contributed by atoms with van der Waals surface area (Å²) in [5, 5.41) is 0.679. The van der Waals surface area contributed by atoms with E-state index in [1.807, 2.05) is 48.5 Å². The summed E-state index contributed by atoms with van der Waals surface area (Å²) in [5.74, 6) is 1.79. The van der Waals surface area contributed by atoms with E-state index in [0.717, 1.165) is 23.5 Å². The number of hydrogen-bond acceptors (Lipinski definition) is 6. The number of likely N-dealkylation sites (tertiary alicyclic amines) is 1. The Balaban J connectivity index is 1.41. The van der Waals surface area contributed by atoms with Crippen molar-refractivity contribution >= 4 is 33.2 Å². The van der Waals surface area contributed by atoms with Crippen LogP contribution in [0.1, 0.15) is 12.8 Å². The first-order valence-electron chi connectivity index (χ1n) is 11.3. The molecule has 0 saturated carbocycles. The third-order valence-electron chi connectivity index (χ3n) is 6.19. The lowest BCUT2D eigenvalue weighted by Gasteiger charge is -2.29. The standard InChI is InChI=1S/C26H26ClN3O3S/c1-29-11-3-4-17(14-29)15-33-22-10-9-20(12-23(22)32-2)30-16-28-21-13-24(34-25(21)26(30)31)18-5-7-19(27)8-6-18/h5-10,12-13,16-17H,3-4,11,14-15H2,1-2H3. The molecule has 2 aromatic carbocycles. The Labute approximate surface area is 207 Å². The molecule has 0 aliphatic carbocycles. The van der Waals surface area contributed by atoms with E-state index in [2.05, 4.69) is 16.9 Å². The second-order valence-corrected chi connectivity index (χ2v) is 10.2. The molecule has 1 aliphatic rings. The summed E-state index contributed by atoms with van der Waals surface area (Å²) >= 11 is 7.44. The lowest BCUT2D eigenvalue weighted by molar-refractivity contribution is 0.148. The maximum absolute atomic E-state index is 13.3. The van der Waals surface area contributed by atoms with Crippen LogP contribution in [0.4, 0.5) is 0 Å². The quantitative estimate of drug-likeness (QED) is 0.353. The van der Waals surface area contributed by atoms with Crippen molar-refractivity contribution in [2.75, 3.05) is 33.9 Å². The molecule has 0 spiro atoms. The fourth-order valence-electron chi connectivity index (χ4n) is 4.39. The highest BCUT2D eigenvalue weighted by Gasteiger charge is 2.19. The number of halogens is 1. The minimum Gasteiger partial charge on any atom is -0.493 e. The molecule has 0 bridgehead atoms. The molecule has 176 valence electrons. The topological polar surface area (TPSA) is 56.6 Å². The molecule has 1 fully saturated rings. The third kappa shape index (κ3) is 4.69. The van der Waals surface area contributed by atoms with Gasteiger partial charge < -0.3 is 14.4 Å². The number of benzene rings is 2. The number of aromatic nitrogens is 2. The van der Waals surface area contributed by atoms with Crippen molar-refractivity contribution in [3.8, 4) is 27.6 Å². The molecule has 0 amide bonds. The molecular formula is C26H26ClN3O3S. The Bertz CT molecular complexity index is 1370. The Kier molecular flexibility index (Phi) is 6.59. The summed E-state index contributed by atoms with van der Waals surface area (Å²) < 4.78 is 13.8. The third-order valence-corrected chi connectivity index (χ3v) is 7.60. The smallest absolute Gasteiger partial charge is 0.275 e. The minimum atomic E-state index is -0.115. The van der Waals surface area contributed by atoms with Gasteiger partial charge in [0.15, 0.2) is 11.5 Å². The molecule has 0 N–H and O–H groups in total. The molecule has 1 unspecified atom stereocenters. The van der Waals surface area contributed by atoms with Crippen LogP contribution >= 0.6 is 22.9 Å². The van der Waals surface area contributed by atoms with Crippen molar-refractivity contribution in [3.05, 3.63) is 70.2 Å². The molecular weight excluding hydrogens is 470 g/mol. The van der Waals surface area contributed by atoms with Gasteiger partial charge in [0.05, 0.1) is 24.9 Å². The second kappa shape index (κ2) is 9.78. The van der Waals surface area contributed by atoms with Crippen LogP contribution in [0.15, 0.2) is 59.7 Å². The van der Waals surface area contributed by atoms with Crippen LogP contribution < -0.4 is 15.0 Å². The fraction of sp³-hybridized carbons (Fsp3) is 0.308. The van der Waals surface area contributed by atoms with Gasteiger partial charge in [-0.1, -0.05) is 23.7 Å². The zero-order valence-electron chi connectivity index (χ0n) is 19.2. The average Bonchev–Trinajstić information content (AvgIpc) is 3.29.